The van der Waals surface area contributed by atoms with Crippen molar-refractivity contribution in [2.45, 2.75) is 44.2 Å². The molecule has 22 heavy (non-hydrogen) atoms. The fourth-order valence-corrected chi connectivity index (χ4v) is 3.54. The van der Waals surface area contributed by atoms with Gasteiger partial charge in [-0.25, -0.2) is 4.98 Å². The minimum Gasteiger partial charge on any atom is -0.467 e. The van der Waals surface area contributed by atoms with Crippen LogP contribution in [0.25, 0.3) is 0 Å². The Kier molecular flexibility index (Phi) is 4.90. The van der Waals surface area contributed by atoms with Gasteiger partial charge in [0.05, 0.1) is 11.8 Å². The van der Waals surface area contributed by atoms with Crippen molar-refractivity contribution >= 4 is 17.2 Å². The molecule has 118 valence electrons. The number of carbonyl (C=O) groups excluding carboxylic acids is 1. The van der Waals surface area contributed by atoms with Crippen molar-refractivity contribution in [3.8, 4) is 0 Å². The quantitative estimate of drug-likeness (QED) is 0.939. The zero-order valence-electron chi connectivity index (χ0n) is 12.4. The number of hydrogen-bond acceptors (Lipinski definition) is 5. The summed E-state index contributed by atoms with van der Waals surface area (Å²) in [7, 11) is 0. The van der Waals surface area contributed by atoms with Gasteiger partial charge in [-0.1, -0.05) is 12.8 Å². The molecule has 5 nitrogen and oxygen atoms in total. The molecule has 1 aliphatic rings. The van der Waals surface area contributed by atoms with Crippen molar-refractivity contribution in [3.63, 3.8) is 0 Å². The maximum atomic E-state index is 12.7. The van der Waals surface area contributed by atoms with Crippen LogP contribution in [0.2, 0.25) is 0 Å². The van der Waals surface area contributed by atoms with Gasteiger partial charge in [0.25, 0.3) is 5.91 Å². The molecule has 3 heterocycles. The summed E-state index contributed by atoms with van der Waals surface area (Å²) in [6.45, 7) is 0.728. The Labute approximate surface area is 133 Å². The summed E-state index contributed by atoms with van der Waals surface area (Å²) in [5, 5.41) is 12.1. The van der Waals surface area contributed by atoms with E-state index in [-0.39, 0.29) is 11.9 Å². The summed E-state index contributed by atoms with van der Waals surface area (Å²) in [4.78, 5) is 18.7. The van der Waals surface area contributed by atoms with Crippen LogP contribution in [0.5, 0.6) is 0 Å². The lowest BCUT2D eigenvalue weighted by molar-refractivity contribution is 0.0553. The molecule has 1 amide bonds. The van der Waals surface area contributed by atoms with E-state index >= 15 is 0 Å². The monoisotopic (exact) mass is 320 g/mol. The lowest BCUT2D eigenvalue weighted by Gasteiger charge is -2.30. The van der Waals surface area contributed by atoms with Gasteiger partial charge in [0.2, 0.25) is 0 Å². The van der Waals surface area contributed by atoms with Crippen LogP contribution < -0.4 is 0 Å². The normalized spacial score (nSPS) is 20.6. The molecule has 0 aromatic carbocycles. The van der Waals surface area contributed by atoms with Gasteiger partial charge in [0.15, 0.2) is 0 Å². The van der Waals surface area contributed by atoms with E-state index in [0.717, 1.165) is 32.2 Å². The first-order valence-corrected chi connectivity index (χ1v) is 8.60. The Morgan fingerprint density at radius 3 is 3.14 bits per heavy atom. The molecule has 2 aromatic rings. The van der Waals surface area contributed by atoms with Crippen LogP contribution in [0.1, 0.15) is 54.5 Å². The molecule has 0 bridgehead atoms. The molecule has 0 spiro atoms. The number of hydrogen-bond donors (Lipinski definition) is 1. The SMILES string of the molecule is O=C(c1cscn1)N1CCCCC[C@H]1C[C@H](O)c1ccco1. The van der Waals surface area contributed by atoms with Crippen molar-refractivity contribution in [2.24, 2.45) is 0 Å². The number of rotatable bonds is 4. The lowest BCUT2D eigenvalue weighted by Crippen LogP contribution is -2.41. The largest absolute Gasteiger partial charge is 0.467 e. The average Bonchev–Trinajstić information content (AvgIpc) is 3.18. The number of aromatic nitrogens is 1. The van der Waals surface area contributed by atoms with E-state index < -0.39 is 6.10 Å². The van der Waals surface area contributed by atoms with Crippen LogP contribution in [0.15, 0.2) is 33.7 Å². The number of thiazole rings is 1. The number of amides is 1. The summed E-state index contributed by atoms with van der Waals surface area (Å²) >= 11 is 1.43. The zero-order valence-corrected chi connectivity index (χ0v) is 13.2. The van der Waals surface area contributed by atoms with Gasteiger partial charge in [-0.15, -0.1) is 11.3 Å². The highest BCUT2D eigenvalue weighted by Crippen LogP contribution is 2.27. The number of likely N-dealkylation sites (tertiary alicyclic amines) is 1. The van der Waals surface area contributed by atoms with Crippen molar-refractivity contribution < 1.29 is 14.3 Å². The molecule has 1 N–H and O–H groups in total. The number of furan rings is 1. The second-order valence-electron chi connectivity index (χ2n) is 5.64. The third kappa shape index (κ3) is 3.39. The van der Waals surface area contributed by atoms with E-state index in [4.69, 9.17) is 4.42 Å². The second-order valence-corrected chi connectivity index (χ2v) is 6.36. The predicted molar refractivity (Wildman–Crippen MR) is 83.7 cm³/mol. The van der Waals surface area contributed by atoms with Gasteiger partial charge in [-0.2, -0.15) is 0 Å². The predicted octanol–water partition coefficient (Wildman–Crippen LogP) is 3.24. The van der Waals surface area contributed by atoms with E-state index in [1.54, 1.807) is 29.3 Å². The van der Waals surface area contributed by atoms with E-state index in [1.165, 1.54) is 11.3 Å². The number of nitrogens with zero attached hydrogens (tertiary/aromatic N) is 2. The van der Waals surface area contributed by atoms with E-state index in [0.29, 0.717) is 17.9 Å². The standard InChI is InChI=1S/C16H20N2O3S/c19-14(15-6-4-8-21-15)9-12-5-2-1-3-7-18(12)16(20)13-10-22-11-17-13/h4,6,8,10-12,14,19H,1-3,5,7,9H2/t12-,14-/m0/s1. The summed E-state index contributed by atoms with van der Waals surface area (Å²) < 4.78 is 5.27. The molecule has 0 saturated carbocycles. The smallest absolute Gasteiger partial charge is 0.273 e. The molecule has 6 heteroatoms. The topological polar surface area (TPSA) is 66.6 Å². The molecule has 2 atom stereocenters. The molecule has 0 radical (unpaired) electrons. The molecular formula is C16H20N2O3S. The second kappa shape index (κ2) is 7.07. The van der Waals surface area contributed by atoms with Gasteiger partial charge in [-0.05, 0) is 25.0 Å². The molecule has 3 rings (SSSR count). The van der Waals surface area contributed by atoms with Crippen LogP contribution in [0.3, 0.4) is 0 Å². The minimum absolute atomic E-state index is 0.0248. The summed E-state index contributed by atoms with van der Waals surface area (Å²) in [5.41, 5.74) is 2.18. The third-order valence-electron chi connectivity index (χ3n) is 4.16. The summed E-state index contributed by atoms with van der Waals surface area (Å²) in [5.74, 6) is 0.532. The highest BCUT2D eigenvalue weighted by atomic mass is 32.1. The van der Waals surface area contributed by atoms with E-state index in [1.807, 2.05) is 4.90 Å². The molecule has 2 aromatic heterocycles. The van der Waals surface area contributed by atoms with Crippen molar-refractivity contribution in [1.82, 2.24) is 9.88 Å². The molecule has 0 aliphatic carbocycles. The zero-order chi connectivity index (χ0) is 15.4. The molecule has 0 unspecified atom stereocenters. The van der Waals surface area contributed by atoms with E-state index in [9.17, 15) is 9.90 Å². The molecule has 1 fully saturated rings. The van der Waals surface area contributed by atoms with Gasteiger partial charge < -0.3 is 14.4 Å². The Balaban J connectivity index is 1.74. The van der Waals surface area contributed by atoms with Crippen LogP contribution in [0.4, 0.5) is 0 Å². The maximum Gasteiger partial charge on any atom is 0.273 e. The number of aliphatic hydroxyl groups excluding tert-OH is 1. The van der Waals surface area contributed by atoms with Crippen molar-refractivity contribution in [3.05, 3.63) is 40.7 Å². The fourth-order valence-electron chi connectivity index (χ4n) is 3.01. The van der Waals surface area contributed by atoms with Gasteiger partial charge in [0, 0.05) is 24.4 Å². The Morgan fingerprint density at radius 2 is 2.41 bits per heavy atom. The fraction of sp³-hybridized carbons (Fsp3) is 0.500. The van der Waals surface area contributed by atoms with Crippen LogP contribution in [0, 0.1) is 0 Å². The molecule has 1 aliphatic heterocycles. The van der Waals surface area contributed by atoms with E-state index in [2.05, 4.69) is 4.98 Å². The Bertz CT molecular complexity index is 583. The highest BCUT2D eigenvalue weighted by molar-refractivity contribution is 7.07. The Morgan fingerprint density at radius 1 is 1.50 bits per heavy atom. The number of carbonyl (C=O) groups is 1. The van der Waals surface area contributed by atoms with Gasteiger partial charge in [0.1, 0.15) is 17.6 Å². The first-order valence-electron chi connectivity index (χ1n) is 7.66. The van der Waals surface area contributed by atoms with Gasteiger partial charge in [-0.3, -0.25) is 4.79 Å². The van der Waals surface area contributed by atoms with Crippen LogP contribution >= 0.6 is 11.3 Å². The lowest BCUT2D eigenvalue weighted by atomic mass is 10.0. The summed E-state index contributed by atoms with van der Waals surface area (Å²) in [6.07, 6.45) is 5.50. The average molecular weight is 320 g/mol. The van der Waals surface area contributed by atoms with Crippen molar-refractivity contribution in [2.75, 3.05) is 6.54 Å². The van der Waals surface area contributed by atoms with Crippen LogP contribution in [-0.2, 0) is 0 Å². The minimum atomic E-state index is -0.677. The summed E-state index contributed by atoms with van der Waals surface area (Å²) in [6, 6.07) is 3.56. The Hall–Kier alpha value is -1.66. The van der Waals surface area contributed by atoms with Gasteiger partial charge >= 0.3 is 0 Å². The first-order chi connectivity index (χ1) is 10.8. The highest BCUT2D eigenvalue weighted by Gasteiger charge is 2.29. The maximum absolute atomic E-state index is 12.7. The first kappa shape index (κ1) is 15.2. The third-order valence-corrected chi connectivity index (χ3v) is 4.74. The molecular weight excluding hydrogens is 300 g/mol. The molecule has 1 saturated heterocycles. The number of aliphatic hydroxyl groups is 1. The van der Waals surface area contributed by atoms with Crippen molar-refractivity contribution in [1.29, 1.82) is 0 Å². The van der Waals surface area contributed by atoms with Crippen LogP contribution in [-0.4, -0.2) is 33.5 Å².